The van der Waals surface area contributed by atoms with Crippen LogP contribution < -0.4 is 9.47 Å². The van der Waals surface area contributed by atoms with E-state index in [0.29, 0.717) is 25.5 Å². The van der Waals surface area contributed by atoms with E-state index in [1.807, 2.05) is 37.3 Å². The Hall–Kier alpha value is -2.57. The van der Waals surface area contributed by atoms with Crippen molar-refractivity contribution in [2.24, 2.45) is 5.92 Å². The first-order valence-electron chi connectivity index (χ1n) is 12.0. The van der Waals surface area contributed by atoms with Gasteiger partial charge >= 0.3 is 5.97 Å². The number of nitrogens with zero attached hydrogens (tertiary/aromatic N) is 1. The number of aryl methyl sites for hydroxylation is 2. The van der Waals surface area contributed by atoms with Crippen molar-refractivity contribution in [1.29, 1.82) is 0 Å². The molecule has 6 heteroatoms. The lowest BCUT2D eigenvalue weighted by Gasteiger charge is -2.33. The van der Waals surface area contributed by atoms with Gasteiger partial charge in [0.05, 0.1) is 13.7 Å². The summed E-state index contributed by atoms with van der Waals surface area (Å²) >= 11 is 0. The van der Waals surface area contributed by atoms with Crippen LogP contribution in [-0.4, -0.2) is 62.0 Å². The van der Waals surface area contributed by atoms with Gasteiger partial charge in [0.25, 0.3) is 0 Å². The first-order chi connectivity index (χ1) is 16.1. The molecule has 1 aliphatic heterocycles. The highest BCUT2D eigenvalue weighted by molar-refractivity contribution is 5.69. The number of carbonyl (C=O) groups is 1. The molecule has 2 aromatic carbocycles. The Morgan fingerprint density at radius 3 is 2.85 bits per heavy atom. The Labute approximate surface area is 197 Å². The molecule has 180 valence electrons. The third kappa shape index (κ3) is 8.37. The number of hydrogen-bond acceptors (Lipinski definition) is 6. The fourth-order valence-corrected chi connectivity index (χ4v) is 4.43. The van der Waals surface area contributed by atoms with Crippen LogP contribution in [0.1, 0.15) is 37.3 Å². The number of aliphatic hydroxyl groups excluding tert-OH is 1. The highest BCUT2D eigenvalue weighted by Crippen LogP contribution is 2.23. The molecule has 1 fully saturated rings. The van der Waals surface area contributed by atoms with Crippen molar-refractivity contribution >= 4 is 5.97 Å². The van der Waals surface area contributed by atoms with Gasteiger partial charge in [-0.1, -0.05) is 30.3 Å². The summed E-state index contributed by atoms with van der Waals surface area (Å²) in [7, 11) is 1.68. The molecule has 0 radical (unpaired) electrons. The number of likely N-dealkylation sites (tertiary alicyclic amines) is 1. The molecular formula is C27H37NO5. The number of carbonyl (C=O) groups excluding carboxylic acids is 1. The van der Waals surface area contributed by atoms with Crippen molar-refractivity contribution < 1.29 is 24.1 Å². The molecule has 33 heavy (non-hydrogen) atoms. The number of ether oxygens (including phenoxy) is 3. The molecule has 1 N–H and O–H groups in total. The molecule has 0 saturated carbocycles. The highest BCUT2D eigenvalue weighted by Gasteiger charge is 2.24. The van der Waals surface area contributed by atoms with Crippen LogP contribution in [0, 0.1) is 5.92 Å². The van der Waals surface area contributed by atoms with Crippen LogP contribution in [-0.2, 0) is 22.4 Å². The van der Waals surface area contributed by atoms with Crippen LogP contribution >= 0.6 is 0 Å². The minimum Gasteiger partial charge on any atom is -0.497 e. The second-order valence-corrected chi connectivity index (χ2v) is 8.70. The van der Waals surface area contributed by atoms with Gasteiger partial charge in [0.2, 0.25) is 0 Å². The van der Waals surface area contributed by atoms with Gasteiger partial charge in [-0.05, 0) is 74.4 Å². The second kappa shape index (κ2) is 13.2. The summed E-state index contributed by atoms with van der Waals surface area (Å²) in [5, 5.41) is 10.6. The highest BCUT2D eigenvalue weighted by atomic mass is 16.5. The summed E-state index contributed by atoms with van der Waals surface area (Å²) in [5.74, 6) is 1.85. The van der Waals surface area contributed by atoms with Crippen molar-refractivity contribution in [3.05, 3.63) is 59.7 Å². The van der Waals surface area contributed by atoms with E-state index in [2.05, 4.69) is 23.1 Å². The maximum atomic E-state index is 11.8. The second-order valence-electron chi connectivity index (χ2n) is 8.70. The summed E-state index contributed by atoms with van der Waals surface area (Å²) in [6.45, 7) is 4.80. The molecule has 0 aromatic heterocycles. The summed E-state index contributed by atoms with van der Waals surface area (Å²) in [6.07, 6.45) is 3.67. The molecule has 0 amide bonds. The predicted molar refractivity (Wildman–Crippen MR) is 129 cm³/mol. The topological polar surface area (TPSA) is 68.2 Å². The quantitative estimate of drug-likeness (QED) is 0.490. The Morgan fingerprint density at radius 1 is 1.18 bits per heavy atom. The van der Waals surface area contributed by atoms with Crippen molar-refractivity contribution in [2.75, 3.05) is 40.0 Å². The zero-order chi connectivity index (χ0) is 23.5. The van der Waals surface area contributed by atoms with E-state index in [1.165, 1.54) is 5.56 Å². The number of benzene rings is 2. The molecule has 1 aliphatic rings. The van der Waals surface area contributed by atoms with Gasteiger partial charge in [0.1, 0.15) is 24.2 Å². The molecule has 3 rings (SSSR count). The molecule has 1 heterocycles. The maximum absolute atomic E-state index is 11.8. The van der Waals surface area contributed by atoms with Crippen LogP contribution in [0.4, 0.5) is 0 Å². The number of esters is 1. The molecule has 0 spiro atoms. The Kier molecular flexibility index (Phi) is 10.0. The van der Waals surface area contributed by atoms with Crippen molar-refractivity contribution in [3.63, 3.8) is 0 Å². The number of piperidine rings is 1. The lowest BCUT2D eigenvalue weighted by molar-refractivity contribution is -0.144. The van der Waals surface area contributed by atoms with Gasteiger partial charge in [0.15, 0.2) is 0 Å². The number of hydrogen-bond donors (Lipinski definition) is 1. The average Bonchev–Trinajstić information content (AvgIpc) is 2.82. The first kappa shape index (κ1) is 25.1. The maximum Gasteiger partial charge on any atom is 0.306 e. The van der Waals surface area contributed by atoms with E-state index in [-0.39, 0.29) is 12.6 Å². The van der Waals surface area contributed by atoms with E-state index in [1.54, 1.807) is 7.11 Å². The van der Waals surface area contributed by atoms with Crippen LogP contribution in [0.2, 0.25) is 0 Å². The monoisotopic (exact) mass is 455 g/mol. The van der Waals surface area contributed by atoms with Crippen molar-refractivity contribution in [3.8, 4) is 11.5 Å². The lowest BCUT2D eigenvalue weighted by atomic mass is 9.94. The molecule has 2 aromatic rings. The smallest absolute Gasteiger partial charge is 0.306 e. The van der Waals surface area contributed by atoms with Gasteiger partial charge in [-0.15, -0.1) is 0 Å². The zero-order valence-electron chi connectivity index (χ0n) is 19.9. The fourth-order valence-electron chi connectivity index (χ4n) is 4.43. The third-order valence-corrected chi connectivity index (χ3v) is 6.05. The number of β-amino-alcohol motifs (C(OH)–C–C–N with tert-alkyl or cyclic N) is 1. The molecule has 0 aliphatic carbocycles. The Balaban J connectivity index is 1.47. The van der Waals surface area contributed by atoms with Gasteiger partial charge in [-0.3, -0.25) is 4.79 Å². The Bertz CT molecular complexity index is 871. The molecule has 6 nitrogen and oxygen atoms in total. The van der Waals surface area contributed by atoms with Crippen LogP contribution in [0.15, 0.2) is 48.5 Å². The zero-order valence-corrected chi connectivity index (χ0v) is 19.9. The molecule has 1 saturated heterocycles. The standard InChI is InChI=1S/C27H37NO5/c1-3-32-27(30)17-22-9-7-15-28(18-22)19-24(29)20-33-26-12-5-4-10-23(26)14-13-21-8-6-11-25(16-21)31-2/h4-6,8,10-12,16,22,24,29H,3,7,9,13-15,17-20H2,1-2H3. The first-order valence-corrected chi connectivity index (χ1v) is 12.0. The largest absolute Gasteiger partial charge is 0.497 e. The third-order valence-electron chi connectivity index (χ3n) is 6.05. The molecule has 0 bridgehead atoms. The minimum atomic E-state index is -0.585. The number of aliphatic hydroxyl groups is 1. The van der Waals surface area contributed by atoms with Crippen LogP contribution in [0.3, 0.4) is 0 Å². The van der Waals surface area contributed by atoms with E-state index in [9.17, 15) is 9.90 Å². The van der Waals surface area contributed by atoms with Crippen molar-refractivity contribution in [2.45, 2.75) is 45.1 Å². The summed E-state index contributed by atoms with van der Waals surface area (Å²) in [4.78, 5) is 14.0. The van der Waals surface area contributed by atoms with Crippen LogP contribution in [0.5, 0.6) is 11.5 Å². The SMILES string of the molecule is CCOC(=O)CC1CCCN(CC(O)COc2ccccc2CCc2cccc(OC)c2)C1. The lowest BCUT2D eigenvalue weighted by Crippen LogP contribution is -2.42. The molecule has 2 unspecified atom stereocenters. The number of methoxy groups -OCH3 is 1. The van der Waals surface area contributed by atoms with Gasteiger partial charge in [-0.2, -0.15) is 0 Å². The summed E-state index contributed by atoms with van der Waals surface area (Å²) in [6, 6.07) is 16.1. The normalized spacial score (nSPS) is 17.4. The average molecular weight is 456 g/mol. The molecular weight excluding hydrogens is 418 g/mol. The number of para-hydroxylation sites is 1. The summed E-state index contributed by atoms with van der Waals surface area (Å²) in [5.41, 5.74) is 2.34. The van der Waals surface area contributed by atoms with Gasteiger partial charge in [-0.25, -0.2) is 0 Å². The summed E-state index contributed by atoms with van der Waals surface area (Å²) < 4.78 is 16.4. The number of rotatable bonds is 12. The van der Waals surface area contributed by atoms with Gasteiger partial charge < -0.3 is 24.2 Å². The minimum absolute atomic E-state index is 0.126. The van der Waals surface area contributed by atoms with E-state index in [4.69, 9.17) is 14.2 Å². The van der Waals surface area contributed by atoms with E-state index < -0.39 is 6.10 Å². The van der Waals surface area contributed by atoms with Crippen molar-refractivity contribution in [1.82, 2.24) is 4.90 Å². The van der Waals surface area contributed by atoms with E-state index in [0.717, 1.165) is 55.8 Å². The molecule has 2 atom stereocenters. The Morgan fingerprint density at radius 2 is 2.03 bits per heavy atom. The fraction of sp³-hybridized carbons (Fsp3) is 0.519. The van der Waals surface area contributed by atoms with Gasteiger partial charge in [0, 0.05) is 19.5 Å². The van der Waals surface area contributed by atoms with Crippen LogP contribution in [0.25, 0.3) is 0 Å². The predicted octanol–water partition coefficient (Wildman–Crippen LogP) is 3.89. The van der Waals surface area contributed by atoms with E-state index >= 15 is 0 Å².